The van der Waals surface area contributed by atoms with Crippen molar-refractivity contribution in [3.05, 3.63) is 58.9 Å². The molecule has 0 saturated carbocycles. The molecule has 0 aliphatic rings. The third-order valence-corrected chi connectivity index (χ3v) is 5.56. The predicted molar refractivity (Wildman–Crippen MR) is 110 cm³/mol. The molecule has 0 N–H and O–H groups in total. The number of aromatic nitrogens is 4. The van der Waals surface area contributed by atoms with Crippen molar-refractivity contribution >= 4 is 34.4 Å². The van der Waals surface area contributed by atoms with Crippen LogP contribution < -0.4 is 10.3 Å². The summed E-state index contributed by atoms with van der Waals surface area (Å²) >= 11 is 1.22. The summed E-state index contributed by atoms with van der Waals surface area (Å²) in [5.41, 5.74) is 1.10. The van der Waals surface area contributed by atoms with Crippen LogP contribution in [0.1, 0.15) is 6.92 Å². The molecule has 148 valence electrons. The molecule has 0 spiro atoms. The van der Waals surface area contributed by atoms with Crippen LogP contribution in [0.3, 0.4) is 0 Å². The van der Waals surface area contributed by atoms with Crippen LogP contribution in [0.2, 0.25) is 0 Å². The third-order valence-electron chi connectivity index (χ3n) is 4.54. The Morgan fingerprint density at radius 2 is 1.79 bits per heavy atom. The molecule has 0 saturated heterocycles. The van der Waals surface area contributed by atoms with E-state index in [1.54, 1.807) is 48.8 Å². The number of hydrogen-bond acceptors (Lipinski definition) is 7. The molecule has 4 rings (SSSR count). The second kappa shape index (κ2) is 7.59. The third kappa shape index (κ3) is 3.23. The van der Waals surface area contributed by atoms with Gasteiger partial charge in [-0.15, -0.1) is 10.2 Å². The number of hydrogen-bond donors (Lipinski definition) is 0. The van der Waals surface area contributed by atoms with Crippen LogP contribution >= 0.6 is 11.8 Å². The van der Waals surface area contributed by atoms with Gasteiger partial charge >= 0.3 is 5.97 Å². The summed E-state index contributed by atoms with van der Waals surface area (Å²) < 4.78 is 13.3. The van der Waals surface area contributed by atoms with Crippen molar-refractivity contribution in [3.8, 4) is 11.4 Å². The molecule has 29 heavy (non-hydrogen) atoms. The minimum Gasteiger partial charge on any atom is -0.497 e. The van der Waals surface area contributed by atoms with Crippen LogP contribution in [0, 0.1) is 0 Å². The zero-order valence-corrected chi connectivity index (χ0v) is 16.8. The van der Waals surface area contributed by atoms with Crippen LogP contribution in [0.25, 0.3) is 22.4 Å². The van der Waals surface area contributed by atoms with Gasteiger partial charge in [0.05, 0.1) is 30.8 Å². The average Bonchev–Trinajstić information content (AvgIpc) is 3.17. The number of ether oxygens (including phenoxy) is 2. The van der Waals surface area contributed by atoms with Gasteiger partial charge in [-0.25, -0.2) is 4.57 Å². The summed E-state index contributed by atoms with van der Waals surface area (Å²) in [6, 6.07) is 14.4. The van der Waals surface area contributed by atoms with Crippen LogP contribution in [-0.2, 0) is 9.53 Å². The van der Waals surface area contributed by atoms with Crippen molar-refractivity contribution in [2.24, 2.45) is 0 Å². The van der Waals surface area contributed by atoms with Gasteiger partial charge in [-0.3, -0.25) is 14.0 Å². The zero-order chi connectivity index (χ0) is 20.5. The minimum absolute atomic E-state index is 0.205. The summed E-state index contributed by atoms with van der Waals surface area (Å²) in [5.74, 6) is 0.682. The fourth-order valence-electron chi connectivity index (χ4n) is 3.09. The lowest BCUT2D eigenvalue weighted by atomic mass is 10.2. The molecule has 1 unspecified atom stereocenters. The summed E-state index contributed by atoms with van der Waals surface area (Å²) in [5, 5.41) is 9.04. The predicted octanol–water partition coefficient (Wildman–Crippen LogP) is 2.70. The molecule has 9 heteroatoms. The number of para-hydroxylation sites is 1. The van der Waals surface area contributed by atoms with Crippen molar-refractivity contribution in [1.29, 1.82) is 0 Å². The highest BCUT2D eigenvalue weighted by Gasteiger charge is 2.22. The molecular weight excluding hydrogens is 392 g/mol. The first-order chi connectivity index (χ1) is 14.0. The van der Waals surface area contributed by atoms with E-state index >= 15 is 0 Å². The van der Waals surface area contributed by atoms with Gasteiger partial charge in [0.25, 0.3) is 5.56 Å². The number of carbonyl (C=O) groups is 1. The highest BCUT2D eigenvalue weighted by Crippen LogP contribution is 2.26. The summed E-state index contributed by atoms with van der Waals surface area (Å²) in [7, 11) is 2.93. The van der Waals surface area contributed by atoms with Crippen LogP contribution in [0.5, 0.6) is 5.75 Å². The van der Waals surface area contributed by atoms with Crippen molar-refractivity contribution in [2.45, 2.75) is 17.3 Å². The van der Waals surface area contributed by atoms with Crippen molar-refractivity contribution in [2.75, 3.05) is 14.2 Å². The molecule has 0 fully saturated rings. The van der Waals surface area contributed by atoms with Crippen molar-refractivity contribution < 1.29 is 14.3 Å². The first kappa shape index (κ1) is 19.0. The van der Waals surface area contributed by atoms with E-state index in [1.165, 1.54) is 23.4 Å². The minimum atomic E-state index is -0.479. The summed E-state index contributed by atoms with van der Waals surface area (Å²) in [6.45, 7) is 1.74. The van der Waals surface area contributed by atoms with E-state index < -0.39 is 5.25 Å². The Morgan fingerprint density at radius 3 is 2.48 bits per heavy atom. The quantitative estimate of drug-likeness (QED) is 0.369. The lowest BCUT2D eigenvalue weighted by molar-refractivity contribution is -0.139. The molecule has 2 aromatic heterocycles. The van der Waals surface area contributed by atoms with Gasteiger partial charge in [0.1, 0.15) is 11.0 Å². The van der Waals surface area contributed by atoms with Gasteiger partial charge in [0, 0.05) is 0 Å². The second-order valence-corrected chi connectivity index (χ2v) is 7.56. The first-order valence-electron chi connectivity index (χ1n) is 8.83. The molecule has 2 aromatic carbocycles. The van der Waals surface area contributed by atoms with Gasteiger partial charge in [-0.05, 0) is 43.3 Å². The molecule has 4 aromatic rings. The van der Waals surface area contributed by atoms with Crippen molar-refractivity contribution in [1.82, 2.24) is 19.2 Å². The number of fused-ring (bicyclic) bond motifs is 3. The SMILES string of the molecule is COC(=O)C(C)Sc1nnc2n(-c3ccc(OC)cc3)c(=O)c3ccccc3n12. The maximum absolute atomic E-state index is 13.3. The van der Waals surface area contributed by atoms with Gasteiger partial charge in [-0.2, -0.15) is 0 Å². The molecule has 0 radical (unpaired) electrons. The van der Waals surface area contributed by atoms with E-state index in [2.05, 4.69) is 10.2 Å². The highest BCUT2D eigenvalue weighted by atomic mass is 32.2. The Kier molecular flexibility index (Phi) is 4.98. The largest absolute Gasteiger partial charge is 0.497 e. The second-order valence-electron chi connectivity index (χ2n) is 6.26. The Balaban J connectivity index is 1.99. The maximum Gasteiger partial charge on any atom is 0.318 e. The van der Waals surface area contributed by atoms with Crippen LogP contribution in [-0.4, -0.2) is 44.6 Å². The zero-order valence-electron chi connectivity index (χ0n) is 16.0. The number of benzene rings is 2. The number of esters is 1. The molecule has 2 heterocycles. The number of carbonyl (C=O) groups excluding carboxylic acids is 1. The molecule has 0 aliphatic heterocycles. The van der Waals surface area contributed by atoms with Crippen LogP contribution in [0.15, 0.2) is 58.5 Å². The number of methoxy groups -OCH3 is 2. The lowest BCUT2D eigenvalue weighted by Gasteiger charge is -2.12. The van der Waals surface area contributed by atoms with Gasteiger partial charge in [0.15, 0.2) is 5.16 Å². The van der Waals surface area contributed by atoms with Gasteiger partial charge in [0.2, 0.25) is 5.78 Å². The van der Waals surface area contributed by atoms with E-state index in [4.69, 9.17) is 9.47 Å². The van der Waals surface area contributed by atoms with E-state index in [0.717, 1.165) is 0 Å². The topological polar surface area (TPSA) is 87.7 Å². The molecular formula is C20H18N4O4S. The van der Waals surface area contributed by atoms with Gasteiger partial charge in [-0.1, -0.05) is 23.9 Å². The number of nitrogens with zero attached hydrogens (tertiary/aromatic N) is 4. The fraction of sp³-hybridized carbons (Fsp3) is 0.200. The number of thioether (sulfide) groups is 1. The Morgan fingerprint density at radius 1 is 1.07 bits per heavy atom. The molecule has 0 bridgehead atoms. The lowest BCUT2D eigenvalue weighted by Crippen LogP contribution is -2.22. The molecule has 1 atom stereocenters. The first-order valence-corrected chi connectivity index (χ1v) is 9.71. The number of rotatable bonds is 5. The Labute approximate surface area is 170 Å². The smallest absolute Gasteiger partial charge is 0.318 e. The monoisotopic (exact) mass is 410 g/mol. The average molecular weight is 410 g/mol. The molecule has 8 nitrogen and oxygen atoms in total. The Hall–Kier alpha value is -3.33. The molecule has 0 amide bonds. The van der Waals surface area contributed by atoms with E-state index in [-0.39, 0.29) is 11.5 Å². The summed E-state index contributed by atoms with van der Waals surface area (Å²) in [6.07, 6.45) is 0. The maximum atomic E-state index is 13.3. The van der Waals surface area contributed by atoms with E-state index in [1.807, 2.05) is 18.2 Å². The Bertz CT molecular complexity index is 1260. The summed E-state index contributed by atoms with van der Waals surface area (Å²) in [4.78, 5) is 25.1. The van der Waals surface area contributed by atoms with Gasteiger partial charge < -0.3 is 9.47 Å². The fourth-order valence-corrected chi connectivity index (χ4v) is 3.97. The highest BCUT2D eigenvalue weighted by molar-refractivity contribution is 8.00. The van der Waals surface area contributed by atoms with E-state index in [9.17, 15) is 9.59 Å². The molecule has 0 aliphatic carbocycles. The normalized spacial score (nSPS) is 12.2. The standard InChI is InChI=1S/C20H18N4O4S/c1-12(18(26)28-3)29-20-22-21-19-23(13-8-10-14(27-2)11-9-13)17(25)15-6-4-5-7-16(15)24(19)20/h4-12H,1-3H3. The van der Waals surface area contributed by atoms with Crippen LogP contribution in [0.4, 0.5) is 0 Å². The van der Waals surface area contributed by atoms with E-state index in [0.29, 0.717) is 33.3 Å². The van der Waals surface area contributed by atoms with Crippen molar-refractivity contribution in [3.63, 3.8) is 0 Å².